The van der Waals surface area contributed by atoms with Crippen molar-refractivity contribution >= 4 is 62.3 Å². The van der Waals surface area contributed by atoms with Gasteiger partial charge in [-0.25, -0.2) is 8.42 Å². The monoisotopic (exact) mass is 547 g/mol. The number of carbonyl (C=O) groups excluding carboxylic acids is 2. The third kappa shape index (κ3) is 7.50. The van der Waals surface area contributed by atoms with Gasteiger partial charge in [-0.05, 0) is 36.6 Å². The number of anilines is 1. The highest BCUT2D eigenvalue weighted by molar-refractivity contribution is 7.92. The van der Waals surface area contributed by atoms with E-state index in [-0.39, 0.29) is 34.1 Å². The smallest absolute Gasteiger partial charge is 0.244 e. The lowest BCUT2D eigenvalue weighted by atomic mass is 10.1. The molecule has 0 aliphatic heterocycles. The lowest BCUT2D eigenvalue weighted by molar-refractivity contribution is -0.139. The minimum atomic E-state index is -3.92. The van der Waals surface area contributed by atoms with Crippen LogP contribution in [-0.4, -0.2) is 50.5 Å². The number of carbonyl (C=O) groups is 2. The number of sulfonamides is 1. The van der Waals surface area contributed by atoms with E-state index in [4.69, 9.17) is 34.8 Å². The van der Waals surface area contributed by atoms with E-state index < -0.39 is 28.5 Å². The van der Waals surface area contributed by atoms with Gasteiger partial charge in [-0.3, -0.25) is 13.9 Å². The number of benzene rings is 2. The van der Waals surface area contributed by atoms with Crippen molar-refractivity contribution in [2.75, 3.05) is 23.7 Å². The van der Waals surface area contributed by atoms with Crippen molar-refractivity contribution < 1.29 is 18.0 Å². The number of hydrogen-bond acceptors (Lipinski definition) is 4. The number of nitrogens with one attached hydrogen (secondary N) is 1. The Bertz CT molecular complexity index is 1140. The number of rotatable bonds is 10. The maximum atomic E-state index is 13.5. The zero-order valence-corrected chi connectivity index (χ0v) is 22.5. The Kier molecular flexibility index (Phi) is 10.1. The first-order valence-electron chi connectivity index (χ1n) is 10.5. The molecule has 0 saturated heterocycles. The molecule has 0 fully saturated rings. The molecule has 34 heavy (non-hydrogen) atoms. The van der Waals surface area contributed by atoms with Crippen LogP contribution in [0.2, 0.25) is 15.1 Å². The van der Waals surface area contributed by atoms with E-state index in [0.717, 1.165) is 10.6 Å². The summed E-state index contributed by atoms with van der Waals surface area (Å²) in [6, 6.07) is 10.6. The molecule has 1 N–H and O–H groups in total. The summed E-state index contributed by atoms with van der Waals surface area (Å²) in [6.07, 6.45) is 0.967. The van der Waals surface area contributed by atoms with Crippen LogP contribution in [0, 0.1) is 5.92 Å². The summed E-state index contributed by atoms with van der Waals surface area (Å²) in [5.41, 5.74) is 0.687. The summed E-state index contributed by atoms with van der Waals surface area (Å²) in [5, 5.41) is 3.39. The van der Waals surface area contributed by atoms with Gasteiger partial charge in [-0.2, -0.15) is 0 Å². The van der Waals surface area contributed by atoms with E-state index in [0.29, 0.717) is 17.1 Å². The average Bonchev–Trinajstić information content (AvgIpc) is 2.76. The summed E-state index contributed by atoms with van der Waals surface area (Å²) in [6.45, 7) is 5.36. The average molecular weight is 549 g/mol. The van der Waals surface area contributed by atoms with Gasteiger partial charge in [0.2, 0.25) is 21.8 Å². The lowest BCUT2D eigenvalue weighted by Gasteiger charge is -2.32. The molecule has 0 aliphatic carbocycles. The van der Waals surface area contributed by atoms with Crippen molar-refractivity contribution in [3.8, 4) is 0 Å². The van der Waals surface area contributed by atoms with E-state index in [1.54, 1.807) is 31.2 Å². The van der Waals surface area contributed by atoms with Gasteiger partial charge in [0.15, 0.2) is 0 Å². The van der Waals surface area contributed by atoms with Crippen molar-refractivity contribution in [1.82, 2.24) is 10.2 Å². The third-order valence-electron chi connectivity index (χ3n) is 5.03. The first-order valence-corrected chi connectivity index (χ1v) is 13.5. The third-order valence-corrected chi connectivity index (χ3v) is 7.33. The van der Waals surface area contributed by atoms with Crippen LogP contribution in [-0.2, 0) is 26.2 Å². The number of hydrogen-bond donors (Lipinski definition) is 1. The van der Waals surface area contributed by atoms with Gasteiger partial charge in [0, 0.05) is 18.1 Å². The fourth-order valence-electron chi connectivity index (χ4n) is 3.12. The second kappa shape index (κ2) is 12.1. The Labute approximate surface area is 216 Å². The predicted octanol–water partition coefficient (Wildman–Crippen LogP) is 4.60. The number of halogens is 3. The number of nitrogens with zero attached hydrogens (tertiary/aromatic N) is 2. The topological polar surface area (TPSA) is 86.8 Å². The van der Waals surface area contributed by atoms with Crippen molar-refractivity contribution in [3.63, 3.8) is 0 Å². The maximum absolute atomic E-state index is 13.5. The van der Waals surface area contributed by atoms with Gasteiger partial charge >= 0.3 is 0 Å². The molecule has 0 aliphatic rings. The Morgan fingerprint density at radius 3 is 2.18 bits per heavy atom. The van der Waals surface area contributed by atoms with Crippen LogP contribution in [0.4, 0.5) is 5.69 Å². The van der Waals surface area contributed by atoms with Gasteiger partial charge in [0.25, 0.3) is 0 Å². The Morgan fingerprint density at radius 1 is 0.971 bits per heavy atom. The minimum Gasteiger partial charge on any atom is -0.354 e. The van der Waals surface area contributed by atoms with Crippen LogP contribution in [0.15, 0.2) is 42.5 Å². The maximum Gasteiger partial charge on any atom is 0.244 e. The highest BCUT2D eigenvalue weighted by Crippen LogP contribution is 2.33. The first-order chi connectivity index (χ1) is 15.8. The molecule has 0 bridgehead atoms. The van der Waals surface area contributed by atoms with Crippen LogP contribution >= 0.6 is 34.8 Å². The molecular weight excluding hydrogens is 521 g/mol. The Morgan fingerprint density at radius 2 is 1.59 bits per heavy atom. The highest BCUT2D eigenvalue weighted by Gasteiger charge is 2.31. The summed E-state index contributed by atoms with van der Waals surface area (Å²) in [5.74, 6) is -0.746. The normalized spacial score (nSPS) is 12.4. The summed E-state index contributed by atoms with van der Waals surface area (Å²) >= 11 is 18.6. The fourth-order valence-corrected chi connectivity index (χ4v) is 4.62. The molecule has 0 spiro atoms. The SMILES string of the molecule is CC(C)CNC(=O)C(C)N(Cc1ccccc1Cl)C(=O)CN(c1cccc(Cl)c1Cl)S(C)(=O)=O. The quantitative estimate of drug-likeness (QED) is 0.470. The molecular formula is C23H28Cl3N3O4S. The highest BCUT2D eigenvalue weighted by atomic mass is 35.5. The first kappa shape index (κ1) is 28.2. The standard InChI is InChI=1S/C23H28Cl3N3O4S/c1-15(2)12-27-23(31)16(3)28(13-17-8-5-6-9-18(17)24)21(30)14-29(34(4,32)33)20-11-7-10-19(25)22(20)26/h5-11,15-16H,12-14H2,1-4H3,(H,27,31). The zero-order valence-electron chi connectivity index (χ0n) is 19.4. The van der Waals surface area contributed by atoms with E-state index in [9.17, 15) is 18.0 Å². The molecule has 1 unspecified atom stereocenters. The molecule has 1 atom stereocenters. The summed E-state index contributed by atoms with van der Waals surface area (Å²) in [7, 11) is -3.92. The molecule has 0 saturated carbocycles. The van der Waals surface area contributed by atoms with Crippen LogP contribution < -0.4 is 9.62 Å². The van der Waals surface area contributed by atoms with E-state index in [1.165, 1.54) is 23.1 Å². The van der Waals surface area contributed by atoms with Gasteiger partial charge in [0.05, 0.1) is 22.0 Å². The molecule has 11 heteroatoms. The van der Waals surface area contributed by atoms with Gasteiger partial charge in [-0.1, -0.05) is 72.9 Å². The minimum absolute atomic E-state index is 0.00257. The molecule has 186 valence electrons. The van der Waals surface area contributed by atoms with Gasteiger partial charge < -0.3 is 10.2 Å². The van der Waals surface area contributed by atoms with Crippen LogP contribution in [0.3, 0.4) is 0 Å². The lowest BCUT2D eigenvalue weighted by Crippen LogP contribution is -2.51. The van der Waals surface area contributed by atoms with E-state index in [1.807, 2.05) is 13.8 Å². The van der Waals surface area contributed by atoms with Gasteiger partial charge in [-0.15, -0.1) is 0 Å². The van der Waals surface area contributed by atoms with Crippen LogP contribution in [0.1, 0.15) is 26.3 Å². The van der Waals surface area contributed by atoms with Crippen molar-refractivity contribution in [2.45, 2.75) is 33.4 Å². The van der Waals surface area contributed by atoms with Crippen molar-refractivity contribution in [3.05, 3.63) is 63.1 Å². The summed E-state index contributed by atoms with van der Waals surface area (Å²) < 4.78 is 26.1. The molecule has 2 rings (SSSR count). The largest absolute Gasteiger partial charge is 0.354 e. The second-order valence-corrected chi connectivity index (χ2v) is 11.4. The molecule has 7 nitrogen and oxygen atoms in total. The zero-order chi connectivity index (χ0) is 25.6. The Hall–Kier alpha value is -2.00. The number of amides is 2. The summed E-state index contributed by atoms with van der Waals surface area (Å²) in [4.78, 5) is 27.6. The van der Waals surface area contributed by atoms with Crippen LogP contribution in [0.25, 0.3) is 0 Å². The molecule has 0 heterocycles. The molecule has 2 aromatic carbocycles. The van der Waals surface area contributed by atoms with E-state index >= 15 is 0 Å². The Balaban J connectivity index is 2.43. The van der Waals surface area contributed by atoms with Crippen LogP contribution in [0.5, 0.6) is 0 Å². The van der Waals surface area contributed by atoms with Gasteiger partial charge in [0.1, 0.15) is 12.6 Å². The van der Waals surface area contributed by atoms with Crippen molar-refractivity contribution in [2.24, 2.45) is 5.92 Å². The molecule has 2 amide bonds. The fraction of sp³-hybridized carbons (Fsp3) is 0.391. The predicted molar refractivity (Wildman–Crippen MR) is 138 cm³/mol. The molecule has 2 aromatic rings. The molecule has 0 aromatic heterocycles. The van der Waals surface area contributed by atoms with E-state index in [2.05, 4.69) is 5.32 Å². The second-order valence-electron chi connectivity index (χ2n) is 8.27. The molecule has 0 radical (unpaired) electrons. The van der Waals surface area contributed by atoms with Crippen molar-refractivity contribution in [1.29, 1.82) is 0 Å².